The fourth-order valence-electron chi connectivity index (χ4n) is 1.12. The molecule has 0 fully saturated rings. The monoisotopic (exact) mass is 321 g/mol. The van der Waals surface area contributed by atoms with Crippen molar-refractivity contribution >= 4 is 15.9 Å². The summed E-state index contributed by atoms with van der Waals surface area (Å²) in [4.78, 5) is 3.29. The molecule has 0 unspecified atom stereocenters. The Morgan fingerprint density at radius 1 is 1.41 bits per heavy atom. The summed E-state index contributed by atoms with van der Waals surface area (Å²) >= 11 is 2.66. The topological polar surface area (TPSA) is 42.4 Å². The highest BCUT2D eigenvalue weighted by atomic mass is 79.9. The molecule has 0 bridgehead atoms. The highest BCUT2D eigenvalue weighted by Gasteiger charge is 2.33. The van der Waals surface area contributed by atoms with Gasteiger partial charge in [-0.15, -0.1) is 13.2 Å². The van der Waals surface area contributed by atoms with Crippen molar-refractivity contribution in [1.29, 1.82) is 0 Å². The van der Waals surface area contributed by atoms with Gasteiger partial charge in [-0.1, -0.05) is 0 Å². The summed E-state index contributed by atoms with van der Waals surface area (Å²) in [5.41, 5.74) is -1.48. The number of hydrogen-bond acceptors (Lipinski definition) is 3. The zero-order valence-corrected chi connectivity index (χ0v) is 9.52. The van der Waals surface area contributed by atoms with E-state index in [1.54, 1.807) is 0 Å². The molecule has 1 heterocycles. The Morgan fingerprint density at radius 3 is 2.41 bits per heavy atom. The van der Waals surface area contributed by atoms with Gasteiger partial charge in [-0.05, 0) is 15.9 Å². The normalized spacial score (nSPS) is 12.0. The van der Waals surface area contributed by atoms with Crippen LogP contribution in [0.15, 0.2) is 10.8 Å². The Labute approximate surface area is 100 Å². The first-order chi connectivity index (χ1) is 7.76. The van der Waals surface area contributed by atoms with Gasteiger partial charge in [0.1, 0.15) is 4.60 Å². The van der Waals surface area contributed by atoms with E-state index in [0.717, 1.165) is 0 Å². The van der Waals surface area contributed by atoms with Crippen LogP contribution in [0.3, 0.4) is 0 Å². The average molecular weight is 322 g/mol. The molecule has 0 aliphatic heterocycles. The van der Waals surface area contributed by atoms with Crippen molar-refractivity contribution in [2.75, 3.05) is 0 Å². The Hall–Kier alpha value is -0.960. The Balaban J connectivity index is 3.28. The Morgan fingerprint density at radius 2 is 2.00 bits per heavy atom. The number of hydrogen-bond donors (Lipinski definition) is 1. The van der Waals surface area contributed by atoms with Crippen molar-refractivity contribution in [2.24, 2.45) is 0 Å². The molecule has 0 aliphatic rings. The number of aliphatic hydroxyl groups is 1. The number of ether oxygens (including phenoxy) is 1. The second kappa shape index (κ2) is 5.13. The molecule has 9 heteroatoms. The van der Waals surface area contributed by atoms with Crippen molar-refractivity contribution in [3.63, 3.8) is 0 Å². The van der Waals surface area contributed by atoms with E-state index >= 15 is 0 Å². The van der Waals surface area contributed by atoms with Crippen molar-refractivity contribution in [1.82, 2.24) is 4.98 Å². The smallest absolute Gasteiger partial charge is 0.404 e. The van der Waals surface area contributed by atoms with E-state index in [1.165, 1.54) is 0 Å². The number of nitrogens with zero attached hydrogens (tertiary/aromatic N) is 1. The van der Waals surface area contributed by atoms with Gasteiger partial charge in [0.15, 0.2) is 5.75 Å². The van der Waals surface area contributed by atoms with Crippen molar-refractivity contribution in [3.05, 3.63) is 21.9 Å². The van der Waals surface area contributed by atoms with Gasteiger partial charge < -0.3 is 9.84 Å². The van der Waals surface area contributed by atoms with Gasteiger partial charge >= 0.3 is 6.36 Å². The highest BCUT2D eigenvalue weighted by molar-refractivity contribution is 9.10. The number of alkyl halides is 5. The van der Waals surface area contributed by atoms with Crippen LogP contribution >= 0.6 is 15.9 Å². The molecule has 0 atom stereocenters. The van der Waals surface area contributed by atoms with Crippen LogP contribution in [-0.4, -0.2) is 16.5 Å². The first kappa shape index (κ1) is 14.1. The van der Waals surface area contributed by atoms with E-state index in [4.69, 9.17) is 5.11 Å². The second-order valence-electron chi connectivity index (χ2n) is 2.81. The third-order valence-corrected chi connectivity index (χ3v) is 2.37. The van der Waals surface area contributed by atoms with E-state index in [0.29, 0.717) is 6.20 Å². The molecule has 96 valence electrons. The summed E-state index contributed by atoms with van der Waals surface area (Å²) in [6, 6.07) is 0. The summed E-state index contributed by atoms with van der Waals surface area (Å²) in [7, 11) is 0. The molecule has 0 saturated carbocycles. The number of aromatic nitrogens is 1. The van der Waals surface area contributed by atoms with E-state index in [2.05, 4.69) is 25.7 Å². The molecule has 0 aromatic carbocycles. The maximum absolute atomic E-state index is 12.6. The number of aliphatic hydroxyl groups excluding tert-OH is 1. The molecule has 0 saturated heterocycles. The summed E-state index contributed by atoms with van der Waals surface area (Å²) in [5, 5.41) is 8.84. The third-order valence-electron chi connectivity index (χ3n) is 1.74. The predicted octanol–water partition coefficient (Wildman–Crippen LogP) is 3.17. The summed E-state index contributed by atoms with van der Waals surface area (Å²) in [6.07, 6.45) is -7.52. The van der Waals surface area contributed by atoms with Crippen molar-refractivity contribution in [3.8, 4) is 5.75 Å². The van der Waals surface area contributed by atoms with Gasteiger partial charge in [-0.25, -0.2) is 13.8 Å². The largest absolute Gasteiger partial charge is 0.573 e. The van der Waals surface area contributed by atoms with Crippen LogP contribution < -0.4 is 4.74 Å². The number of halogens is 6. The van der Waals surface area contributed by atoms with Gasteiger partial charge in [0.05, 0.1) is 18.4 Å². The molecular weight excluding hydrogens is 317 g/mol. The fraction of sp³-hybridized carbons (Fsp3) is 0.375. The summed E-state index contributed by atoms with van der Waals surface area (Å²) < 4.78 is 64.2. The molecule has 1 rings (SSSR count). The predicted molar refractivity (Wildman–Crippen MR) is 49.5 cm³/mol. The molecule has 0 aliphatic carbocycles. The van der Waals surface area contributed by atoms with Gasteiger partial charge in [0.2, 0.25) is 0 Å². The molecule has 1 N–H and O–H groups in total. The van der Waals surface area contributed by atoms with Crippen LogP contribution in [0.25, 0.3) is 0 Å². The van der Waals surface area contributed by atoms with E-state index in [1.807, 2.05) is 0 Å². The highest BCUT2D eigenvalue weighted by Crippen LogP contribution is 2.36. The minimum atomic E-state index is -5.04. The minimum Gasteiger partial charge on any atom is -0.404 e. The molecule has 0 amide bonds. The van der Waals surface area contributed by atoms with Gasteiger partial charge in [0, 0.05) is 5.56 Å². The fourth-order valence-corrected chi connectivity index (χ4v) is 1.63. The Kier molecular flexibility index (Phi) is 4.26. The molecule has 3 nitrogen and oxygen atoms in total. The van der Waals surface area contributed by atoms with E-state index in [9.17, 15) is 22.0 Å². The van der Waals surface area contributed by atoms with Crippen molar-refractivity contribution in [2.45, 2.75) is 19.4 Å². The molecule has 1 aromatic heterocycles. The Bertz CT molecular complexity index is 410. The van der Waals surface area contributed by atoms with Crippen LogP contribution in [-0.2, 0) is 6.61 Å². The quantitative estimate of drug-likeness (QED) is 0.687. The number of rotatable bonds is 3. The van der Waals surface area contributed by atoms with E-state index < -0.39 is 36.3 Å². The van der Waals surface area contributed by atoms with Gasteiger partial charge in [0.25, 0.3) is 6.43 Å². The maximum Gasteiger partial charge on any atom is 0.573 e. The summed E-state index contributed by atoms with van der Waals surface area (Å²) in [5.74, 6) is -0.946. The standard InChI is InChI=1S/C8H5BrF5NO2/c9-6-5(7(10)11)3(2-16)4(1-15-6)17-8(12,13)14/h1,7,16H,2H2. The molecular formula is C8H5BrF5NO2. The lowest BCUT2D eigenvalue weighted by atomic mass is 10.1. The first-order valence-electron chi connectivity index (χ1n) is 4.08. The van der Waals surface area contributed by atoms with E-state index in [-0.39, 0.29) is 4.60 Å². The van der Waals surface area contributed by atoms with Crippen molar-refractivity contribution < 1.29 is 31.8 Å². The maximum atomic E-state index is 12.6. The SMILES string of the molecule is OCc1c(OC(F)(F)F)cnc(Br)c1C(F)F. The lowest BCUT2D eigenvalue weighted by Crippen LogP contribution is -2.19. The lowest BCUT2D eigenvalue weighted by Gasteiger charge is -2.15. The first-order valence-corrected chi connectivity index (χ1v) is 4.87. The summed E-state index contributed by atoms with van der Waals surface area (Å²) in [6.45, 7) is -1.02. The average Bonchev–Trinajstić information content (AvgIpc) is 2.17. The van der Waals surface area contributed by atoms with Crippen LogP contribution in [0.4, 0.5) is 22.0 Å². The lowest BCUT2D eigenvalue weighted by molar-refractivity contribution is -0.275. The van der Waals surface area contributed by atoms with Crippen LogP contribution in [0.1, 0.15) is 17.6 Å². The minimum absolute atomic E-state index is 0.342. The molecule has 0 radical (unpaired) electrons. The van der Waals surface area contributed by atoms with Crippen LogP contribution in [0.2, 0.25) is 0 Å². The second-order valence-corrected chi connectivity index (χ2v) is 3.56. The third kappa shape index (κ3) is 3.50. The molecule has 1 aromatic rings. The molecule has 0 spiro atoms. The van der Waals surface area contributed by atoms with Crippen LogP contribution in [0.5, 0.6) is 5.75 Å². The number of pyridine rings is 1. The van der Waals surface area contributed by atoms with Gasteiger partial charge in [-0.3, -0.25) is 0 Å². The van der Waals surface area contributed by atoms with Crippen LogP contribution in [0, 0.1) is 0 Å². The zero-order chi connectivity index (χ0) is 13.2. The zero-order valence-electron chi connectivity index (χ0n) is 7.93. The molecule has 17 heavy (non-hydrogen) atoms. The van der Waals surface area contributed by atoms with Gasteiger partial charge in [-0.2, -0.15) is 0 Å².